The Morgan fingerprint density at radius 2 is 0.614 bits per heavy atom. The first-order valence-electron chi connectivity index (χ1n) is 19.7. The third-order valence-corrected chi connectivity index (χ3v) is 12.4. The number of fused-ring (bicyclic) bond motifs is 16. The van der Waals surface area contributed by atoms with Crippen LogP contribution >= 0.6 is 0 Å². The Balaban J connectivity index is 1.13. The second-order valence-corrected chi connectivity index (χ2v) is 15.3. The van der Waals surface area contributed by atoms with Crippen LogP contribution in [0.4, 0.5) is 0 Å². The SMILES string of the molecule is c1ccc(-n2c3ccccc3c3cc(-n4c5ccccc5c5ccc6c(c7ccccc7n6-c6ccc7c8ccccc8c8ccccc8c7c6)c54)ccc32)cc1. The van der Waals surface area contributed by atoms with Crippen LogP contribution in [0.1, 0.15) is 0 Å². The van der Waals surface area contributed by atoms with E-state index in [0.29, 0.717) is 0 Å². The summed E-state index contributed by atoms with van der Waals surface area (Å²) in [7, 11) is 0. The summed E-state index contributed by atoms with van der Waals surface area (Å²) in [5, 5.41) is 15.2. The van der Waals surface area contributed by atoms with Gasteiger partial charge < -0.3 is 13.7 Å². The number of hydrogen-bond acceptors (Lipinski definition) is 0. The second kappa shape index (κ2) is 11.5. The molecule has 0 aliphatic heterocycles. The van der Waals surface area contributed by atoms with Crippen molar-refractivity contribution < 1.29 is 0 Å². The van der Waals surface area contributed by atoms with Gasteiger partial charge in [0.2, 0.25) is 0 Å². The van der Waals surface area contributed by atoms with Gasteiger partial charge in [0.1, 0.15) is 0 Å². The molecule has 0 aliphatic carbocycles. The minimum absolute atomic E-state index is 1.15. The smallest absolute Gasteiger partial charge is 0.0641 e. The fourth-order valence-corrected chi connectivity index (χ4v) is 10.0. The molecule has 0 saturated heterocycles. The summed E-state index contributed by atoms with van der Waals surface area (Å²) in [5.74, 6) is 0. The first-order chi connectivity index (χ1) is 28.3. The lowest BCUT2D eigenvalue weighted by molar-refractivity contribution is 1.17. The van der Waals surface area contributed by atoms with Crippen LogP contribution in [-0.4, -0.2) is 13.7 Å². The second-order valence-electron chi connectivity index (χ2n) is 15.3. The molecule has 0 unspecified atom stereocenters. The average molecular weight is 724 g/mol. The van der Waals surface area contributed by atoms with Crippen molar-refractivity contribution in [3.05, 3.63) is 200 Å². The van der Waals surface area contributed by atoms with E-state index in [4.69, 9.17) is 0 Å². The van der Waals surface area contributed by atoms with Crippen molar-refractivity contribution in [3.63, 3.8) is 0 Å². The highest BCUT2D eigenvalue weighted by Crippen LogP contribution is 2.44. The van der Waals surface area contributed by atoms with Crippen LogP contribution in [0.25, 0.3) is 115 Å². The van der Waals surface area contributed by atoms with E-state index in [-0.39, 0.29) is 0 Å². The summed E-state index contributed by atoms with van der Waals surface area (Å²) in [4.78, 5) is 0. The van der Waals surface area contributed by atoms with E-state index in [1.54, 1.807) is 0 Å². The molecule has 0 bridgehead atoms. The number of para-hydroxylation sites is 4. The molecule has 0 N–H and O–H groups in total. The standard InChI is InChI=1S/C54H33N3/c1-2-14-34(15-3-1)55-48-23-11-9-21-43(48)47-33-36(27-30-51(47)55)57-49-24-12-8-20-42(49)44-29-31-52-53(54(44)57)45-22-10-13-25-50(45)56(52)35-26-28-41-39-18-5-4-16-37(39)38-17-6-7-19-40(38)46(41)32-35/h1-33H. The van der Waals surface area contributed by atoms with Crippen molar-refractivity contribution in [2.45, 2.75) is 0 Å². The third kappa shape index (κ3) is 4.15. The van der Waals surface area contributed by atoms with Gasteiger partial charge in [0, 0.05) is 49.4 Å². The highest BCUT2D eigenvalue weighted by atomic mass is 15.0. The average Bonchev–Trinajstić information content (AvgIpc) is 3.92. The maximum Gasteiger partial charge on any atom is 0.0641 e. The van der Waals surface area contributed by atoms with Crippen LogP contribution in [0.3, 0.4) is 0 Å². The molecule has 0 radical (unpaired) electrons. The predicted octanol–water partition coefficient (Wildman–Crippen LogP) is 14.4. The highest BCUT2D eigenvalue weighted by Gasteiger charge is 2.22. The normalized spacial score (nSPS) is 12.2. The summed E-state index contributed by atoms with van der Waals surface area (Å²) in [6, 6.07) is 73.7. The van der Waals surface area contributed by atoms with Gasteiger partial charge in [-0.15, -0.1) is 0 Å². The third-order valence-electron chi connectivity index (χ3n) is 12.4. The van der Waals surface area contributed by atoms with Crippen LogP contribution in [0.5, 0.6) is 0 Å². The molecule has 0 amide bonds. The van der Waals surface area contributed by atoms with Crippen molar-refractivity contribution >= 4 is 97.7 Å². The Kier molecular flexibility index (Phi) is 6.16. The van der Waals surface area contributed by atoms with Gasteiger partial charge in [-0.1, -0.05) is 133 Å². The van der Waals surface area contributed by atoms with Gasteiger partial charge in [0.15, 0.2) is 0 Å². The van der Waals surface area contributed by atoms with Gasteiger partial charge in [-0.3, -0.25) is 0 Å². The predicted molar refractivity (Wildman–Crippen MR) is 242 cm³/mol. The van der Waals surface area contributed by atoms with E-state index in [2.05, 4.69) is 214 Å². The number of aromatic nitrogens is 3. The molecule has 3 aromatic heterocycles. The zero-order valence-electron chi connectivity index (χ0n) is 30.9. The molecule has 0 spiro atoms. The van der Waals surface area contributed by atoms with E-state index in [1.807, 2.05) is 0 Å². The lowest BCUT2D eigenvalue weighted by Crippen LogP contribution is -1.96. The van der Waals surface area contributed by atoms with Crippen molar-refractivity contribution in [1.82, 2.24) is 13.7 Å². The molecule has 0 fully saturated rings. The summed E-state index contributed by atoms with van der Waals surface area (Å²) < 4.78 is 7.38. The largest absolute Gasteiger partial charge is 0.309 e. The number of benzene rings is 10. The molecule has 0 aliphatic rings. The maximum absolute atomic E-state index is 2.51. The molecule has 57 heavy (non-hydrogen) atoms. The molecule has 10 aromatic carbocycles. The first kappa shape index (κ1) is 30.7. The Bertz CT molecular complexity index is 3770. The Hall–Kier alpha value is -7.62. The van der Waals surface area contributed by atoms with Crippen LogP contribution in [0.2, 0.25) is 0 Å². The molecule has 0 saturated carbocycles. The van der Waals surface area contributed by atoms with E-state index in [1.165, 1.54) is 97.7 Å². The van der Waals surface area contributed by atoms with E-state index >= 15 is 0 Å². The van der Waals surface area contributed by atoms with Crippen molar-refractivity contribution in [1.29, 1.82) is 0 Å². The zero-order chi connectivity index (χ0) is 37.2. The lowest BCUT2D eigenvalue weighted by Gasteiger charge is -2.14. The molecule has 3 nitrogen and oxygen atoms in total. The Labute approximate surface area is 327 Å². The molecule has 3 heterocycles. The van der Waals surface area contributed by atoms with Gasteiger partial charge in [0.25, 0.3) is 0 Å². The van der Waals surface area contributed by atoms with Crippen molar-refractivity contribution in [3.8, 4) is 17.1 Å². The topological polar surface area (TPSA) is 14.8 Å². The lowest BCUT2D eigenvalue weighted by atomic mass is 9.94. The van der Waals surface area contributed by atoms with Crippen LogP contribution in [0, 0.1) is 0 Å². The van der Waals surface area contributed by atoms with Gasteiger partial charge in [-0.2, -0.15) is 0 Å². The van der Waals surface area contributed by atoms with Crippen LogP contribution in [0.15, 0.2) is 200 Å². The Morgan fingerprint density at radius 1 is 0.211 bits per heavy atom. The number of hydrogen-bond donors (Lipinski definition) is 0. The molecule has 0 atom stereocenters. The summed E-state index contributed by atoms with van der Waals surface area (Å²) >= 11 is 0. The molecule has 3 heteroatoms. The molecule has 264 valence electrons. The van der Waals surface area contributed by atoms with E-state index < -0.39 is 0 Å². The van der Waals surface area contributed by atoms with Crippen molar-refractivity contribution in [2.24, 2.45) is 0 Å². The summed E-state index contributed by atoms with van der Waals surface area (Å²) in [5.41, 5.74) is 10.7. The highest BCUT2D eigenvalue weighted by molar-refractivity contribution is 6.28. The van der Waals surface area contributed by atoms with Gasteiger partial charge in [-0.05, 0) is 99.0 Å². The van der Waals surface area contributed by atoms with Crippen LogP contribution in [-0.2, 0) is 0 Å². The number of nitrogens with zero attached hydrogens (tertiary/aromatic N) is 3. The van der Waals surface area contributed by atoms with E-state index in [0.717, 1.165) is 17.1 Å². The maximum atomic E-state index is 2.51. The molecular weight excluding hydrogens is 691 g/mol. The van der Waals surface area contributed by atoms with Gasteiger partial charge in [0.05, 0.1) is 33.1 Å². The summed E-state index contributed by atoms with van der Waals surface area (Å²) in [6.07, 6.45) is 0. The van der Waals surface area contributed by atoms with Gasteiger partial charge >= 0.3 is 0 Å². The molecular formula is C54H33N3. The summed E-state index contributed by atoms with van der Waals surface area (Å²) in [6.45, 7) is 0. The monoisotopic (exact) mass is 723 g/mol. The molecule has 13 rings (SSSR count). The van der Waals surface area contributed by atoms with Crippen molar-refractivity contribution in [2.75, 3.05) is 0 Å². The molecule has 13 aromatic rings. The minimum atomic E-state index is 1.15. The quantitative estimate of drug-likeness (QED) is 0.161. The first-order valence-corrected chi connectivity index (χ1v) is 19.7. The fraction of sp³-hybridized carbons (Fsp3) is 0. The van der Waals surface area contributed by atoms with E-state index in [9.17, 15) is 0 Å². The number of rotatable bonds is 3. The fourth-order valence-electron chi connectivity index (χ4n) is 10.0. The Morgan fingerprint density at radius 3 is 1.30 bits per heavy atom. The van der Waals surface area contributed by atoms with Gasteiger partial charge in [-0.25, -0.2) is 0 Å². The zero-order valence-corrected chi connectivity index (χ0v) is 30.9. The van der Waals surface area contributed by atoms with Crippen LogP contribution < -0.4 is 0 Å². The minimum Gasteiger partial charge on any atom is -0.309 e.